The highest BCUT2D eigenvalue weighted by Crippen LogP contribution is 2.20. The molecule has 0 aliphatic carbocycles. The number of carbonyl (C=O) groups is 1. The quantitative estimate of drug-likeness (QED) is 0.898. The molecule has 2 aromatic rings. The van der Waals surface area contributed by atoms with Gasteiger partial charge >= 0.3 is 0 Å². The zero-order valence-electron chi connectivity index (χ0n) is 11.5. The largest absolute Gasteiger partial charge is 0.381 e. The van der Waals surface area contributed by atoms with Gasteiger partial charge in [-0.3, -0.25) is 4.79 Å². The van der Waals surface area contributed by atoms with Crippen LogP contribution in [0.25, 0.3) is 0 Å². The predicted molar refractivity (Wildman–Crippen MR) is 78.2 cm³/mol. The van der Waals surface area contributed by atoms with Crippen molar-refractivity contribution in [2.24, 2.45) is 5.73 Å². The second-order valence-electron chi connectivity index (χ2n) is 4.79. The second kappa shape index (κ2) is 5.74. The smallest absolute Gasteiger partial charge is 0.249 e. The third kappa shape index (κ3) is 2.96. The highest BCUT2D eigenvalue weighted by molar-refractivity contribution is 5.95. The number of anilines is 1. The summed E-state index contributed by atoms with van der Waals surface area (Å²) in [4.78, 5) is 11.3. The lowest BCUT2D eigenvalue weighted by Gasteiger charge is -2.12. The lowest BCUT2D eigenvalue weighted by Crippen LogP contribution is -2.14. The Balaban J connectivity index is 2.21. The maximum absolute atomic E-state index is 13.7. The van der Waals surface area contributed by atoms with E-state index in [4.69, 9.17) is 5.73 Å². The van der Waals surface area contributed by atoms with Gasteiger partial charge in [-0.15, -0.1) is 0 Å². The first-order chi connectivity index (χ1) is 9.49. The molecule has 0 atom stereocenters. The van der Waals surface area contributed by atoms with Gasteiger partial charge in [0.15, 0.2) is 0 Å². The number of halogens is 1. The molecular weight excluding hydrogens is 255 g/mol. The van der Waals surface area contributed by atoms with Gasteiger partial charge < -0.3 is 11.1 Å². The van der Waals surface area contributed by atoms with Crippen LogP contribution in [-0.2, 0) is 6.54 Å². The van der Waals surface area contributed by atoms with Crippen molar-refractivity contribution in [1.29, 1.82) is 0 Å². The fraction of sp³-hybridized carbons (Fsp3) is 0.188. The zero-order chi connectivity index (χ0) is 14.7. The number of nitrogens with two attached hydrogens (primary N) is 1. The highest BCUT2D eigenvalue weighted by Gasteiger charge is 2.09. The van der Waals surface area contributed by atoms with E-state index in [2.05, 4.69) is 5.32 Å². The van der Waals surface area contributed by atoms with Crippen LogP contribution in [0, 0.1) is 19.7 Å². The molecule has 0 saturated heterocycles. The molecule has 1 amide bonds. The lowest BCUT2D eigenvalue weighted by molar-refractivity contribution is 0.1000. The van der Waals surface area contributed by atoms with E-state index in [0.717, 1.165) is 16.8 Å². The van der Waals surface area contributed by atoms with Crippen molar-refractivity contribution in [1.82, 2.24) is 0 Å². The van der Waals surface area contributed by atoms with Crippen molar-refractivity contribution in [3.8, 4) is 0 Å². The molecule has 0 saturated carbocycles. The Labute approximate surface area is 117 Å². The Hall–Kier alpha value is -2.36. The van der Waals surface area contributed by atoms with Gasteiger partial charge in [0, 0.05) is 23.4 Å². The highest BCUT2D eigenvalue weighted by atomic mass is 19.1. The van der Waals surface area contributed by atoms with Crippen LogP contribution in [-0.4, -0.2) is 5.91 Å². The summed E-state index contributed by atoms with van der Waals surface area (Å²) in [6, 6.07) is 10.3. The average Bonchev–Trinajstić information content (AvgIpc) is 2.41. The van der Waals surface area contributed by atoms with Gasteiger partial charge in [-0.25, -0.2) is 4.39 Å². The summed E-state index contributed by atoms with van der Waals surface area (Å²) in [5.74, 6) is -0.709. The normalized spacial score (nSPS) is 10.3. The summed E-state index contributed by atoms with van der Waals surface area (Å²) in [5.41, 5.74) is 8.93. The Kier molecular flexibility index (Phi) is 4.03. The van der Waals surface area contributed by atoms with E-state index in [1.807, 2.05) is 19.9 Å². The monoisotopic (exact) mass is 272 g/mol. The van der Waals surface area contributed by atoms with Crippen LogP contribution in [0.5, 0.6) is 0 Å². The van der Waals surface area contributed by atoms with Crippen molar-refractivity contribution in [3.63, 3.8) is 0 Å². The van der Waals surface area contributed by atoms with Crippen molar-refractivity contribution in [3.05, 3.63) is 64.5 Å². The minimum atomic E-state index is -0.465. The molecule has 4 heteroatoms. The topological polar surface area (TPSA) is 55.1 Å². The number of rotatable bonds is 4. The summed E-state index contributed by atoms with van der Waals surface area (Å²) in [6.07, 6.45) is 0. The van der Waals surface area contributed by atoms with Crippen molar-refractivity contribution in [2.75, 3.05) is 5.32 Å². The summed E-state index contributed by atoms with van der Waals surface area (Å²) in [5, 5.41) is 3.14. The summed E-state index contributed by atoms with van der Waals surface area (Å²) in [6.45, 7) is 4.09. The molecule has 0 bridgehead atoms. The Morgan fingerprint density at radius 3 is 2.70 bits per heavy atom. The maximum Gasteiger partial charge on any atom is 0.249 e. The molecule has 0 aliphatic heterocycles. The molecule has 0 aromatic heterocycles. The maximum atomic E-state index is 13.7. The van der Waals surface area contributed by atoms with E-state index in [9.17, 15) is 9.18 Å². The molecule has 3 N–H and O–H groups in total. The van der Waals surface area contributed by atoms with Crippen molar-refractivity contribution in [2.45, 2.75) is 20.4 Å². The van der Waals surface area contributed by atoms with Gasteiger partial charge in [-0.05, 0) is 37.6 Å². The fourth-order valence-electron chi connectivity index (χ4n) is 2.12. The number of hydrogen-bond acceptors (Lipinski definition) is 2. The van der Waals surface area contributed by atoms with Gasteiger partial charge in [0.2, 0.25) is 5.91 Å². The van der Waals surface area contributed by atoms with Gasteiger partial charge in [0.05, 0.1) is 0 Å². The summed E-state index contributed by atoms with van der Waals surface area (Å²) < 4.78 is 13.7. The predicted octanol–water partition coefficient (Wildman–Crippen LogP) is 3.15. The van der Waals surface area contributed by atoms with Crippen LogP contribution in [0.3, 0.4) is 0 Å². The first kappa shape index (κ1) is 14.1. The number of hydrogen-bond donors (Lipinski definition) is 2. The molecule has 0 radical (unpaired) electrons. The average molecular weight is 272 g/mol. The molecule has 0 spiro atoms. The summed E-state index contributed by atoms with van der Waals surface area (Å²) >= 11 is 0. The Bertz CT molecular complexity index is 653. The number of nitrogens with one attached hydrogen (secondary N) is 1. The molecule has 2 rings (SSSR count). The van der Waals surface area contributed by atoms with Gasteiger partial charge in [-0.2, -0.15) is 0 Å². The fourth-order valence-corrected chi connectivity index (χ4v) is 2.12. The van der Waals surface area contributed by atoms with Crippen molar-refractivity contribution >= 4 is 11.6 Å². The first-order valence-electron chi connectivity index (χ1n) is 6.37. The zero-order valence-corrected chi connectivity index (χ0v) is 11.5. The lowest BCUT2D eigenvalue weighted by atomic mass is 10.1. The molecule has 20 heavy (non-hydrogen) atoms. The van der Waals surface area contributed by atoms with Crippen LogP contribution in [0.4, 0.5) is 10.1 Å². The number of carbonyl (C=O) groups excluding carboxylic acids is 1. The van der Waals surface area contributed by atoms with Gasteiger partial charge in [0.1, 0.15) is 5.82 Å². The third-order valence-electron chi connectivity index (χ3n) is 3.27. The molecule has 104 valence electrons. The number of aryl methyl sites for hydroxylation is 1. The molecule has 0 heterocycles. The van der Waals surface area contributed by atoms with E-state index in [-0.39, 0.29) is 5.82 Å². The second-order valence-corrected chi connectivity index (χ2v) is 4.79. The molecule has 0 unspecified atom stereocenters. The number of amides is 1. The van der Waals surface area contributed by atoms with E-state index >= 15 is 0 Å². The standard InChI is InChI=1S/C16H17FN2O/c1-10-6-7-14(17)12(8-10)9-19-15-5-3-4-13(11(15)2)16(18)20/h3-8,19H,9H2,1-2H3,(H2,18,20). The minimum absolute atomic E-state index is 0.244. The molecule has 0 fully saturated rings. The number of primary amides is 1. The van der Waals surface area contributed by atoms with E-state index in [0.29, 0.717) is 17.7 Å². The van der Waals surface area contributed by atoms with Crippen molar-refractivity contribution < 1.29 is 9.18 Å². The van der Waals surface area contributed by atoms with Gasteiger partial charge in [-0.1, -0.05) is 23.8 Å². The van der Waals surface area contributed by atoms with Crippen LogP contribution in [0.15, 0.2) is 36.4 Å². The van der Waals surface area contributed by atoms with Crippen LogP contribution < -0.4 is 11.1 Å². The molecule has 2 aromatic carbocycles. The van der Waals surface area contributed by atoms with Gasteiger partial charge in [0.25, 0.3) is 0 Å². The Morgan fingerprint density at radius 1 is 1.25 bits per heavy atom. The summed E-state index contributed by atoms with van der Waals surface area (Å²) in [7, 11) is 0. The van der Waals surface area contributed by atoms with Crippen LogP contribution >= 0.6 is 0 Å². The van der Waals surface area contributed by atoms with E-state index in [1.165, 1.54) is 6.07 Å². The SMILES string of the molecule is Cc1ccc(F)c(CNc2cccc(C(N)=O)c2C)c1. The van der Waals surface area contributed by atoms with E-state index in [1.54, 1.807) is 24.3 Å². The molecule has 3 nitrogen and oxygen atoms in total. The van der Waals surface area contributed by atoms with Crippen LogP contribution in [0.1, 0.15) is 27.0 Å². The minimum Gasteiger partial charge on any atom is -0.381 e. The first-order valence-corrected chi connectivity index (χ1v) is 6.37. The molecular formula is C16H17FN2O. The molecule has 0 aliphatic rings. The third-order valence-corrected chi connectivity index (χ3v) is 3.27. The van der Waals surface area contributed by atoms with Crippen LogP contribution in [0.2, 0.25) is 0 Å². The number of benzene rings is 2. The van der Waals surface area contributed by atoms with E-state index < -0.39 is 5.91 Å². The Morgan fingerprint density at radius 2 is 2.00 bits per heavy atom.